The summed E-state index contributed by atoms with van der Waals surface area (Å²) >= 11 is 1.40. The van der Waals surface area contributed by atoms with Crippen molar-refractivity contribution in [3.05, 3.63) is 65.7 Å². The molecule has 7 nitrogen and oxygen atoms in total. The molecule has 3 aromatic rings. The second-order valence-electron chi connectivity index (χ2n) is 7.56. The zero-order valence-corrected chi connectivity index (χ0v) is 18.1. The zero-order chi connectivity index (χ0) is 20.9. The van der Waals surface area contributed by atoms with Crippen LogP contribution >= 0.6 is 11.8 Å². The molecule has 8 heteroatoms. The van der Waals surface area contributed by atoms with E-state index in [4.69, 9.17) is 0 Å². The van der Waals surface area contributed by atoms with Gasteiger partial charge in [0, 0.05) is 32.7 Å². The molecule has 1 amide bonds. The van der Waals surface area contributed by atoms with Gasteiger partial charge in [-0.25, -0.2) is 0 Å². The van der Waals surface area contributed by atoms with Crippen molar-refractivity contribution in [2.75, 3.05) is 26.2 Å². The predicted molar refractivity (Wildman–Crippen MR) is 118 cm³/mol. The quantitative estimate of drug-likeness (QED) is 0.569. The highest BCUT2D eigenvalue weighted by molar-refractivity contribution is 8.00. The van der Waals surface area contributed by atoms with Gasteiger partial charge in [0.15, 0.2) is 0 Å². The van der Waals surface area contributed by atoms with Gasteiger partial charge in [0.2, 0.25) is 11.1 Å². The first-order valence-corrected chi connectivity index (χ1v) is 11.1. The van der Waals surface area contributed by atoms with Crippen molar-refractivity contribution < 1.29 is 4.79 Å². The number of aryl methyl sites for hydroxylation is 1. The summed E-state index contributed by atoms with van der Waals surface area (Å²) in [5, 5.41) is 12.4. The summed E-state index contributed by atoms with van der Waals surface area (Å²) in [5.41, 5.74) is 3.34. The number of amides is 1. The van der Waals surface area contributed by atoms with E-state index in [1.165, 1.54) is 17.3 Å². The van der Waals surface area contributed by atoms with Crippen LogP contribution in [0.1, 0.15) is 18.1 Å². The number of thioether (sulfide) groups is 1. The second kappa shape index (κ2) is 9.40. The first-order chi connectivity index (χ1) is 14.6. The lowest BCUT2D eigenvalue weighted by molar-refractivity contribution is -0.132. The average molecular weight is 423 g/mol. The van der Waals surface area contributed by atoms with Crippen LogP contribution in [0.4, 0.5) is 0 Å². The van der Waals surface area contributed by atoms with Gasteiger partial charge in [-0.3, -0.25) is 9.69 Å². The number of hydrogen-bond donors (Lipinski definition) is 0. The third-order valence-corrected chi connectivity index (χ3v) is 6.27. The van der Waals surface area contributed by atoms with Gasteiger partial charge in [-0.05, 0) is 47.5 Å². The monoisotopic (exact) mass is 422 g/mol. The predicted octanol–water partition coefficient (Wildman–Crippen LogP) is 2.80. The number of carbonyl (C=O) groups is 1. The number of nitrogens with zero attached hydrogens (tertiary/aromatic N) is 6. The molecular weight excluding hydrogens is 396 g/mol. The summed E-state index contributed by atoms with van der Waals surface area (Å²) in [7, 11) is 0. The van der Waals surface area contributed by atoms with Crippen molar-refractivity contribution >= 4 is 17.7 Å². The minimum absolute atomic E-state index is 0.137. The minimum Gasteiger partial charge on any atom is -0.339 e. The fraction of sp³-hybridized carbons (Fsp3) is 0.364. The first-order valence-electron chi connectivity index (χ1n) is 10.2. The first kappa shape index (κ1) is 20.6. The van der Waals surface area contributed by atoms with E-state index < -0.39 is 0 Å². The van der Waals surface area contributed by atoms with Crippen LogP contribution in [0.3, 0.4) is 0 Å². The topological polar surface area (TPSA) is 67.2 Å². The van der Waals surface area contributed by atoms with Crippen molar-refractivity contribution in [3.8, 4) is 5.69 Å². The van der Waals surface area contributed by atoms with Crippen molar-refractivity contribution in [2.45, 2.75) is 30.8 Å². The van der Waals surface area contributed by atoms with Crippen LogP contribution in [0.15, 0.2) is 59.8 Å². The lowest BCUT2D eigenvalue weighted by Crippen LogP contribution is -2.50. The highest BCUT2D eigenvalue weighted by Gasteiger charge is 2.27. The molecule has 1 fully saturated rings. The Morgan fingerprint density at radius 1 is 1.07 bits per heavy atom. The lowest BCUT2D eigenvalue weighted by Gasteiger charge is -2.35. The number of tetrazole rings is 1. The van der Waals surface area contributed by atoms with E-state index in [1.54, 1.807) is 4.68 Å². The van der Waals surface area contributed by atoms with Gasteiger partial charge in [-0.15, -0.1) is 5.10 Å². The number of rotatable bonds is 6. The van der Waals surface area contributed by atoms with Crippen LogP contribution in [-0.2, 0) is 11.3 Å². The average Bonchev–Trinajstić information content (AvgIpc) is 3.22. The molecule has 1 unspecified atom stereocenters. The molecule has 2 aromatic carbocycles. The maximum atomic E-state index is 13.0. The fourth-order valence-corrected chi connectivity index (χ4v) is 4.50. The molecule has 1 aliphatic rings. The van der Waals surface area contributed by atoms with Gasteiger partial charge in [0.25, 0.3) is 0 Å². The van der Waals surface area contributed by atoms with Crippen molar-refractivity contribution in [3.63, 3.8) is 0 Å². The highest BCUT2D eigenvalue weighted by Crippen LogP contribution is 2.25. The van der Waals surface area contributed by atoms with Crippen molar-refractivity contribution in [1.29, 1.82) is 0 Å². The largest absolute Gasteiger partial charge is 0.339 e. The molecule has 156 valence electrons. The Morgan fingerprint density at radius 3 is 2.57 bits per heavy atom. The summed E-state index contributed by atoms with van der Waals surface area (Å²) < 4.78 is 1.69. The summed E-state index contributed by atoms with van der Waals surface area (Å²) in [6.45, 7) is 8.16. The molecule has 4 rings (SSSR count). The van der Waals surface area contributed by atoms with Crippen LogP contribution in [0.25, 0.3) is 5.69 Å². The van der Waals surface area contributed by atoms with Gasteiger partial charge < -0.3 is 4.90 Å². The standard InChI is InChI=1S/C22H26N6OS/c1-17-7-6-10-20(15-17)28-22(23-24-25-28)30-18(2)21(29)27-13-11-26(12-14-27)16-19-8-4-3-5-9-19/h3-10,15,18H,11-14,16H2,1-2H3. The van der Waals surface area contributed by atoms with E-state index in [9.17, 15) is 4.79 Å². The fourth-order valence-electron chi connectivity index (χ4n) is 3.61. The van der Waals surface area contributed by atoms with Gasteiger partial charge in [-0.1, -0.05) is 54.2 Å². The number of carbonyl (C=O) groups excluding carboxylic acids is 1. The highest BCUT2D eigenvalue weighted by atomic mass is 32.2. The molecule has 1 atom stereocenters. The molecular formula is C22H26N6OS. The number of aromatic nitrogens is 4. The van der Waals surface area contributed by atoms with E-state index in [1.807, 2.05) is 49.1 Å². The van der Waals surface area contributed by atoms with Gasteiger partial charge in [0.1, 0.15) is 0 Å². The summed E-state index contributed by atoms with van der Waals surface area (Å²) in [4.78, 5) is 17.4. The molecule has 0 N–H and O–H groups in total. The van der Waals surface area contributed by atoms with Crippen LogP contribution in [0.2, 0.25) is 0 Å². The normalized spacial score (nSPS) is 15.9. The summed E-state index contributed by atoms with van der Waals surface area (Å²) in [6.07, 6.45) is 0. The number of hydrogen-bond acceptors (Lipinski definition) is 6. The molecule has 1 aromatic heterocycles. The van der Waals surface area contributed by atoms with Gasteiger partial charge in [-0.2, -0.15) is 4.68 Å². The number of benzene rings is 2. The van der Waals surface area contributed by atoms with E-state index in [2.05, 4.69) is 44.7 Å². The van der Waals surface area contributed by atoms with E-state index in [-0.39, 0.29) is 11.2 Å². The zero-order valence-electron chi connectivity index (χ0n) is 17.3. The molecule has 1 aliphatic heterocycles. The van der Waals surface area contributed by atoms with Crippen LogP contribution < -0.4 is 0 Å². The van der Waals surface area contributed by atoms with E-state index in [0.29, 0.717) is 5.16 Å². The summed E-state index contributed by atoms with van der Waals surface area (Å²) in [5.74, 6) is 0.137. The van der Waals surface area contributed by atoms with E-state index >= 15 is 0 Å². The SMILES string of the molecule is Cc1cccc(-n2nnnc2SC(C)C(=O)N2CCN(Cc3ccccc3)CC2)c1. The maximum absolute atomic E-state index is 13.0. The molecule has 0 spiro atoms. The smallest absolute Gasteiger partial charge is 0.235 e. The molecule has 0 radical (unpaired) electrons. The number of piperazine rings is 1. The molecule has 0 aliphatic carbocycles. The third kappa shape index (κ3) is 4.88. The Labute approximate surface area is 181 Å². The lowest BCUT2D eigenvalue weighted by atomic mass is 10.2. The Bertz CT molecular complexity index is 984. The molecule has 0 bridgehead atoms. The van der Waals surface area contributed by atoms with Crippen molar-refractivity contribution in [1.82, 2.24) is 30.0 Å². The van der Waals surface area contributed by atoms with Crippen LogP contribution in [-0.4, -0.2) is 67.3 Å². The Morgan fingerprint density at radius 2 is 1.83 bits per heavy atom. The molecule has 0 saturated carbocycles. The Hall–Kier alpha value is -2.71. The Kier molecular flexibility index (Phi) is 6.44. The van der Waals surface area contributed by atoms with Crippen LogP contribution in [0.5, 0.6) is 0 Å². The second-order valence-corrected chi connectivity index (χ2v) is 8.87. The van der Waals surface area contributed by atoms with Crippen LogP contribution in [0, 0.1) is 6.92 Å². The maximum Gasteiger partial charge on any atom is 0.235 e. The minimum atomic E-state index is -0.250. The third-order valence-electron chi connectivity index (χ3n) is 5.25. The van der Waals surface area contributed by atoms with Gasteiger partial charge in [0.05, 0.1) is 10.9 Å². The molecule has 1 saturated heterocycles. The Balaban J connectivity index is 1.34. The summed E-state index contributed by atoms with van der Waals surface area (Å²) in [6, 6.07) is 18.5. The van der Waals surface area contributed by atoms with Crippen molar-refractivity contribution in [2.24, 2.45) is 0 Å². The molecule has 30 heavy (non-hydrogen) atoms. The van der Waals surface area contributed by atoms with E-state index in [0.717, 1.165) is 44.0 Å². The molecule has 2 heterocycles. The van der Waals surface area contributed by atoms with Gasteiger partial charge >= 0.3 is 0 Å².